The van der Waals surface area contributed by atoms with Crippen molar-refractivity contribution in [2.24, 2.45) is 5.41 Å². The van der Waals surface area contributed by atoms with E-state index in [4.69, 9.17) is 0 Å². The van der Waals surface area contributed by atoms with E-state index in [-0.39, 0.29) is 0 Å². The molecule has 1 N–H and O–H groups in total. The molecule has 0 spiro atoms. The van der Waals surface area contributed by atoms with Gasteiger partial charge in [-0.05, 0) is 64.0 Å². The van der Waals surface area contributed by atoms with Gasteiger partial charge in [0.25, 0.3) is 0 Å². The molecular formula is C15H30N2. The third-order valence-corrected chi connectivity index (χ3v) is 4.59. The lowest BCUT2D eigenvalue weighted by Gasteiger charge is -2.36. The molecule has 0 aromatic rings. The molecule has 0 radical (unpaired) electrons. The standard InChI is InChI=1S/C15H30N2/c1-13(12-17-10-4-5-11-17)16-14-6-8-15(2,3)9-7-14/h13-14,16H,4-12H2,1-3H3. The lowest BCUT2D eigenvalue weighted by atomic mass is 9.75. The van der Waals surface area contributed by atoms with Gasteiger partial charge < -0.3 is 10.2 Å². The Morgan fingerprint density at radius 2 is 1.76 bits per heavy atom. The summed E-state index contributed by atoms with van der Waals surface area (Å²) < 4.78 is 0. The molecule has 1 aliphatic heterocycles. The minimum atomic E-state index is 0.594. The fourth-order valence-electron chi connectivity index (χ4n) is 3.37. The number of nitrogens with zero attached hydrogens (tertiary/aromatic N) is 1. The molecule has 2 heteroatoms. The van der Waals surface area contributed by atoms with E-state index >= 15 is 0 Å². The van der Waals surface area contributed by atoms with Gasteiger partial charge in [0.15, 0.2) is 0 Å². The third-order valence-electron chi connectivity index (χ3n) is 4.59. The summed E-state index contributed by atoms with van der Waals surface area (Å²) in [5.74, 6) is 0. The molecule has 1 unspecified atom stereocenters. The van der Waals surface area contributed by atoms with Crippen molar-refractivity contribution in [3.05, 3.63) is 0 Å². The largest absolute Gasteiger partial charge is 0.310 e. The average Bonchev–Trinajstić information content (AvgIpc) is 2.74. The van der Waals surface area contributed by atoms with E-state index in [2.05, 4.69) is 31.0 Å². The second kappa shape index (κ2) is 5.71. The van der Waals surface area contributed by atoms with Gasteiger partial charge in [0.2, 0.25) is 0 Å². The van der Waals surface area contributed by atoms with E-state index in [1.165, 1.54) is 58.2 Å². The zero-order valence-corrected chi connectivity index (χ0v) is 12.0. The molecule has 0 aromatic carbocycles. The minimum Gasteiger partial charge on any atom is -0.310 e. The van der Waals surface area contributed by atoms with Crippen molar-refractivity contribution in [2.75, 3.05) is 19.6 Å². The Morgan fingerprint density at radius 3 is 2.35 bits per heavy atom. The van der Waals surface area contributed by atoms with Crippen molar-refractivity contribution < 1.29 is 0 Å². The highest BCUT2D eigenvalue weighted by molar-refractivity contribution is 4.84. The highest BCUT2D eigenvalue weighted by atomic mass is 15.2. The van der Waals surface area contributed by atoms with Crippen LogP contribution in [0.3, 0.4) is 0 Å². The Balaban J connectivity index is 1.66. The average molecular weight is 238 g/mol. The first-order chi connectivity index (χ1) is 8.05. The van der Waals surface area contributed by atoms with Gasteiger partial charge in [0.1, 0.15) is 0 Å². The highest BCUT2D eigenvalue weighted by Crippen LogP contribution is 2.35. The minimum absolute atomic E-state index is 0.594. The van der Waals surface area contributed by atoms with E-state index in [1.54, 1.807) is 0 Å². The Morgan fingerprint density at radius 1 is 1.18 bits per heavy atom. The smallest absolute Gasteiger partial charge is 0.0169 e. The zero-order valence-electron chi connectivity index (χ0n) is 12.0. The quantitative estimate of drug-likeness (QED) is 0.810. The third kappa shape index (κ3) is 4.26. The normalized spacial score (nSPS) is 28.4. The van der Waals surface area contributed by atoms with Crippen LogP contribution in [0.1, 0.15) is 59.3 Å². The first kappa shape index (κ1) is 13.4. The van der Waals surface area contributed by atoms with Crippen molar-refractivity contribution >= 4 is 0 Å². The Bertz CT molecular complexity index is 221. The van der Waals surface area contributed by atoms with Crippen molar-refractivity contribution in [1.29, 1.82) is 0 Å². The van der Waals surface area contributed by atoms with Crippen LogP contribution in [0.2, 0.25) is 0 Å². The highest BCUT2D eigenvalue weighted by Gasteiger charge is 2.27. The summed E-state index contributed by atoms with van der Waals surface area (Å²) in [5.41, 5.74) is 0.594. The zero-order chi connectivity index (χ0) is 12.3. The van der Waals surface area contributed by atoms with Crippen LogP contribution in [0.4, 0.5) is 0 Å². The number of rotatable bonds is 4. The van der Waals surface area contributed by atoms with E-state index in [0.717, 1.165) is 6.04 Å². The molecular weight excluding hydrogens is 208 g/mol. The molecule has 2 rings (SSSR count). The summed E-state index contributed by atoms with van der Waals surface area (Å²) in [7, 11) is 0. The van der Waals surface area contributed by atoms with Crippen LogP contribution in [0, 0.1) is 5.41 Å². The predicted octanol–water partition coefficient (Wildman–Crippen LogP) is 3.03. The van der Waals surface area contributed by atoms with Gasteiger partial charge in [-0.15, -0.1) is 0 Å². The summed E-state index contributed by atoms with van der Waals surface area (Å²) in [6, 6.07) is 1.44. The molecule has 0 amide bonds. The van der Waals surface area contributed by atoms with E-state index in [0.29, 0.717) is 11.5 Å². The van der Waals surface area contributed by atoms with Crippen LogP contribution >= 0.6 is 0 Å². The van der Waals surface area contributed by atoms with Crippen molar-refractivity contribution in [2.45, 2.75) is 71.4 Å². The summed E-state index contributed by atoms with van der Waals surface area (Å²) >= 11 is 0. The second-order valence-corrected chi connectivity index (χ2v) is 7.01. The van der Waals surface area contributed by atoms with Gasteiger partial charge in [0.05, 0.1) is 0 Å². The van der Waals surface area contributed by atoms with Gasteiger partial charge in [-0.2, -0.15) is 0 Å². The van der Waals surface area contributed by atoms with E-state index in [9.17, 15) is 0 Å². The van der Waals surface area contributed by atoms with Crippen LogP contribution in [-0.2, 0) is 0 Å². The maximum absolute atomic E-state index is 3.84. The summed E-state index contributed by atoms with van der Waals surface area (Å²) in [6.07, 6.45) is 8.34. The van der Waals surface area contributed by atoms with Crippen LogP contribution in [0.25, 0.3) is 0 Å². The molecule has 100 valence electrons. The molecule has 1 aliphatic carbocycles. The summed E-state index contributed by atoms with van der Waals surface area (Å²) in [4.78, 5) is 2.62. The Kier molecular flexibility index (Phi) is 4.48. The molecule has 0 bridgehead atoms. The number of nitrogens with one attached hydrogen (secondary N) is 1. The predicted molar refractivity (Wildman–Crippen MR) is 74.3 cm³/mol. The lowest BCUT2D eigenvalue weighted by molar-refractivity contribution is 0.190. The summed E-state index contributed by atoms with van der Waals surface area (Å²) in [6.45, 7) is 11.1. The number of hydrogen-bond donors (Lipinski definition) is 1. The Hall–Kier alpha value is -0.0800. The Labute approximate surface area is 107 Å². The molecule has 1 saturated carbocycles. The van der Waals surface area contributed by atoms with Gasteiger partial charge in [-0.3, -0.25) is 0 Å². The molecule has 17 heavy (non-hydrogen) atoms. The first-order valence-corrected chi connectivity index (χ1v) is 7.54. The molecule has 2 aliphatic rings. The number of hydrogen-bond acceptors (Lipinski definition) is 2. The van der Waals surface area contributed by atoms with E-state index in [1.807, 2.05) is 0 Å². The lowest BCUT2D eigenvalue weighted by Crippen LogP contribution is -2.45. The van der Waals surface area contributed by atoms with Crippen LogP contribution in [0.5, 0.6) is 0 Å². The van der Waals surface area contributed by atoms with E-state index < -0.39 is 0 Å². The molecule has 1 heterocycles. The van der Waals surface area contributed by atoms with Crippen molar-refractivity contribution in [3.63, 3.8) is 0 Å². The SMILES string of the molecule is CC(CN1CCCC1)NC1CCC(C)(C)CC1. The molecule has 1 atom stereocenters. The van der Waals surface area contributed by atoms with Gasteiger partial charge in [-0.1, -0.05) is 13.8 Å². The second-order valence-electron chi connectivity index (χ2n) is 7.01. The fourth-order valence-corrected chi connectivity index (χ4v) is 3.37. The van der Waals surface area contributed by atoms with Crippen LogP contribution in [-0.4, -0.2) is 36.6 Å². The maximum Gasteiger partial charge on any atom is 0.0169 e. The van der Waals surface area contributed by atoms with Crippen LogP contribution < -0.4 is 5.32 Å². The molecule has 0 aromatic heterocycles. The van der Waals surface area contributed by atoms with Gasteiger partial charge >= 0.3 is 0 Å². The van der Waals surface area contributed by atoms with Gasteiger partial charge in [0, 0.05) is 18.6 Å². The fraction of sp³-hybridized carbons (Fsp3) is 1.00. The van der Waals surface area contributed by atoms with Crippen LogP contribution in [0.15, 0.2) is 0 Å². The topological polar surface area (TPSA) is 15.3 Å². The van der Waals surface area contributed by atoms with Gasteiger partial charge in [-0.25, -0.2) is 0 Å². The van der Waals surface area contributed by atoms with Crippen molar-refractivity contribution in [1.82, 2.24) is 10.2 Å². The molecule has 1 saturated heterocycles. The molecule has 2 nitrogen and oxygen atoms in total. The first-order valence-electron chi connectivity index (χ1n) is 7.54. The monoisotopic (exact) mass is 238 g/mol. The maximum atomic E-state index is 3.84. The molecule has 2 fully saturated rings. The summed E-state index contributed by atoms with van der Waals surface area (Å²) in [5, 5.41) is 3.84. The number of likely N-dealkylation sites (tertiary alicyclic amines) is 1. The van der Waals surface area contributed by atoms with Crippen molar-refractivity contribution in [3.8, 4) is 0 Å².